The van der Waals surface area contributed by atoms with E-state index in [1.165, 1.54) is 5.56 Å². The van der Waals surface area contributed by atoms with Gasteiger partial charge < -0.3 is 14.8 Å². The lowest BCUT2D eigenvalue weighted by atomic mass is 9.94. The van der Waals surface area contributed by atoms with E-state index >= 15 is 0 Å². The van der Waals surface area contributed by atoms with Crippen molar-refractivity contribution in [1.82, 2.24) is 5.32 Å². The van der Waals surface area contributed by atoms with Crippen LogP contribution >= 0.6 is 15.9 Å². The lowest BCUT2D eigenvalue weighted by molar-refractivity contribution is 0.0881. The number of methoxy groups -OCH3 is 1. The molecule has 0 amide bonds. The van der Waals surface area contributed by atoms with Crippen LogP contribution in [0.4, 0.5) is 0 Å². The molecule has 1 heterocycles. The molecule has 1 fully saturated rings. The van der Waals surface area contributed by atoms with E-state index in [4.69, 9.17) is 9.47 Å². The first-order valence-electron chi connectivity index (χ1n) is 6.24. The summed E-state index contributed by atoms with van der Waals surface area (Å²) in [5.74, 6) is 0.863. The van der Waals surface area contributed by atoms with Crippen molar-refractivity contribution in [2.24, 2.45) is 0 Å². The predicted molar refractivity (Wildman–Crippen MR) is 76.0 cm³/mol. The molecule has 2 rings (SSSR count). The molecule has 0 aromatic heterocycles. The Kier molecular flexibility index (Phi) is 4.30. The molecule has 0 saturated carbocycles. The van der Waals surface area contributed by atoms with Crippen molar-refractivity contribution >= 4 is 15.9 Å². The van der Waals surface area contributed by atoms with Crippen LogP contribution in [-0.2, 0) is 11.3 Å². The van der Waals surface area contributed by atoms with Crippen molar-refractivity contribution in [3.05, 3.63) is 28.2 Å². The number of ether oxygens (including phenoxy) is 2. The molecule has 0 radical (unpaired) electrons. The number of nitrogens with one attached hydrogen (secondary N) is 1. The second-order valence-corrected chi connectivity index (χ2v) is 5.86. The highest BCUT2D eigenvalue weighted by atomic mass is 79.9. The van der Waals surface area contributed by atoms with Gasteiger partial charge in [-0.15, -0.1) is 0 Å². The molecule has 4 heteroatoms. The van der Waals surface area contributed by atoms with Gasteiger partial charge in [0.2, 0.25) is 0 Å². The summed E-state index contributed by atoms with van der Waals surface area (Å²) in [6.07, 6.45) is 1.32. The van der Waals surface area contributed by atoms with E-state index in [0.717, 1.165) is 29.8 Å². The summed E-state index contributed by atoms with van der Waals surface area (Å²) in [6, 6.07) is 6.16. The molecule has 0 bridgehead atoms. The van der Waals surface area contributed by atoms with Crippen molar-refractivity contribution in [2.45, 2.75) is 38.5 Å². The first kappa shape index (κ1) is 13.8. The highest BCUT2D eigenvalue weighted by Gasteiger charge is 2.36. The molecule has 1 aliphatic rings. The lowest BCUT2D eigenvalue weighted by Crippen LogP contribution is -2.47. The molecule has 3 nitrogen and oxygen atoms in total. The van der Waals surface area contributed by atoms with Gasteiger partial charge in [0.15, 0.2) is 0 Å². The molecule has 0 aliphatic carbocycles. The smallest absolute Gasteiger partial charge is 0.133 e. The summed E-state index contributed by atoms with van der Waals surface area (Å²) in [5, 5.41) is 3.60. The number of hydrogen-bond donors (Lipinski definition) is 1. The number of halogens is 1. The summed E-state index contributed by atoms with van der Waals surface area (Å²) >= 11 is 3.51. The second-order valence-electron chi connectivity index (χ2n) is 5.00. The summed E-state index contributed by atoms with van der Waals surface area (Å²) in [6.45, 7) is 6.04. The first-order chi connectivity index (χ1) is 8.55. The lowest BCUT2D eigenvalue weighted by Gasteiger charge is -2.29. The molecule has 0 spiro atoms. The zero-order valence-corrected chi connectivity index (χ0v) is 12.7. The Morgan fingerprint density at radius 3 is 2.89 bits per heavy atom. The van der Waals surface area contributed by atoms with E-state index in [2.05, 4.69) is 47.2 Å². The summed E-state index contributed by atoms with van der Waals surface area (Å²) < 4.78 is 11.8. The average Bonchev–Trinajstić information content (AvgIpc) is 2.68. The van der Waals surface area contributed by atoms with Crippen LogP contribution in [0.3, 0.4) is 0 Å². The van der Waals surface area contributed by atoms with Gasteiger partial charge in [0.05, 0.1) is 17.7 Å². The highest BCUT2D eigenvalue weighted by Crippen LogP contribution is 2.28. The standard InChI is InChI=1S/C14H20BrNO2/c1-10-14(2,6-7-18-10)16-9-11-4-5-13(17-3)12(15)8-11/h4-5,8,10,16H,6-7,9H2,1-3H3. The Morgan fingerprint density at radius 2 is 2.33 bits per heavy atom. The number of rotatable bonds is 4. The fourth-order valence-electron chi connectivity index (χ4n) is 2.19. The number of benzene rings is 1. The van der Waals surface area contributed by atoms with Crippen LogP contribution in [0.1, 0.15) is 25.8 Å². The van der Waals surface area contributed by atoms with Gasteiger partial charge in [-0.1, -0.05) is 6.07 Å². The van der Waals surface area contributed by atoms with Gasteiger partial charge in [0.1, 0.15) is 5.75 Å². The minimum Gasteiger partial charge on any atom is -0.496 e. The summed E-state index contributed by atoms with van der Waals surface area (Å²) in [7, 11) is 1.68. The zero-order valence-electron chi connectivity index (χ0n) is 11.1. The topological polar surface area (TPSA) is 30.5 Å². The number of hydrogen-bond acceptors (Lipinski definition) is 3. The maximum absolute atomic E-state index is 5.63. The molecule has 18 heavy (non-hydrogen) atoms. The first-order valence-corrected chi connectivity index (χ1v) is 7.03. The van der Waals surface area contributed by atoms with Gasteiger partial charge in [-0.25, -0.2) is 0 Å². The van der Waals surface area contributed by atoms with Crippen LogP contribution in [0.2, 0.25) is 0 Å². The van der Waals surface area contributed by atoms with E-state index in [1.807, 2.05) is 6.07 Å². The third-order valence-corrected chi connectivity index (χ3v) is 4.42. The molecule has 1 aromatic carbocycles. The zero-order chi connectivity index (χ0) is 13.2. The van der Waals surface area contributed by atoms with Crippen molar-refractivity contribution < 1.29 is 9.47 Å². The molecule has 1 aliphatic heterocycles. The third-order valence-electron chi connectivity index (χ3n) is 3.80. The Bertz CT molecular complexity index is 424. The monoisotopic (exact) mass is 313 g/mol. The minimum atomic E-state index is 0.0758. The van der Waals surface area contributed by atoms with Crippen LogP contribution in [0.5, 0.6) is 5.75 Å². The maximum Gasteiger partial charge on any atom is 0.133 e. The van der Waals surface area contributed by atoms with Gasteiger partial charge >= 0.3 is 0 Å². The van der Waals surface area contributed by atoms with E-state index in [-0.39, 0.29) is 11.6 Å². The molecule has 2 atom stereocenters. The quantitative estimate of drug-likeness (QED) is 0.926. The highest BCUT2D eigenvalue weighted by molar-refractivity contribution is 9.10. The van der Waals surface area contributed by atoms with Crippen molar-refractivity contribution in [1.29, 1.82) is 0 Å². The molecular weight excluding hydrogens is 294 g/mol. The molecule has 1 aromatic rings. The Morgan fingerprint density at radius 1 is 1.56 bits per heavy atom. The molecule has 2 unspecified atom stereocenters. The van der Waals surface area contributed by atoms with Gasteiger partial charge in [-0.2, -0.15) is 0 Å². The van der Waals surface area contributed by atoms with Gasteiger partial charge in [-0.3, -0.25) is 0 Å². The fraction of sp³-hybridized carbons (Fsp3) is 0.571. The van der Waals surface area contributed by atoms with Crippen molar-refractivity contribution in [3.63, 3.8) is 0 Å². The van der Waals surface area contributed by atoms with Crippen molar-refractivity contribution in [2.75, 3.05) is 13.7 Å². The molecule has 1 N–H and O–H groups in total. The molecule has 100 valence electrons. The third kappa shape index (κ3) is 2.87. The van der Waals surface area contributed by atoms with E-state index in [0.29, 0.717) is 0 Å². The van der Waals surface area contributed by atoms with Crippen LogP contribution in [0.15, 0.2) is 22.7 Å². The Labute approximate surface area is 117 Å². The van der Waals surface area contributed by atoms with Crippen LogP contribution in [0, 0.1) is 0 Å². The SMILES string of the molecule is COc1ccc(CNC2(C)CCOC2C)cc1Br. The minimum absolute atomic E-state index is 0.0758. The summed E-state index contributed by atoms with van der Waals surface area (Å²) in [4.78, 5) is 0. The molecular formula is C14H20BrNO2. The van der Waals surface area contributed by atoms with Gasteiger partial charge in [0, 0.05) is 18.7 Å². The van der Waals surface area contributed by atoms with Crippen molar-refractivity contribution in [3.8, 4) is 5.75 Å². The average molecular weight is 314 g/mol. The van der Waals surface area contributed by atoms with Gasteiger partial charge in [-0.05, 0) is 53.9 Å². The molecule has 1 saturated heterocycles. The van der Waals surface area contributed by atoms with E-state index < -0.39 is 0 Å². The van der Waals surface area contributed by atoms with Crippen LogP contribution in [-0.4, -0.2) is 25.4 Å². The Balaban J connectivity index is 2.00. The Hall–Kier alpha value is -0.580. The normalized spacial score (nSPS) is 27.4. The van der Waals surface area contributed by atoms with Crippen LogP contribution in [0.25, 0.3) is 0 Å². The second kappa shape index (κ2) is 5.59. The fourth-order valence-corrected chi connectivity index (χ4v) is 2.78. The largest absolute Gasteiger partial charge is 0.496 e. The van der Waals surface area contributed by atoms with E-state index in [9.17, 15) is 0 Å². The van der Waals surface area contributed by atoms with Crippen LogP contribution < -0.4 is 10.1 Å². The maximum atomic E-state index is 5.63. The summed E-state index contributed by atoms with van der Waals surface area (Å²) in [5.41, 5.74) is 1.31. The predicted octanol–water partition coefficient (Wildman–Crippen LogP) is 3.11. The van der Waals surface area contributed by atoms with Gasteiger partial charge in [0.25, 0.3) is 0 Å². The van der Waals surface area contributed by atoms with E-state index in [1.54, 1.807) is 7.11 Å².